The molecule has 170 valence electrons. The average Bonchev–Trinajstić information content (AvgIpc) is 3.18. The van der Waals surface area contributed by atoms with Gasteiger partial charge in [-0.15, -0.1) is 0 Å². The van der Waals surface area contributed by atoms with Gasteiger partial charge in [0, 0.05) is 25.4 Å². The van der Waals surface area contributed by atoms with Crippen LogP contribution in [-0.2, 0) is 9.47 Å². The van der Waals surface area contributed by atoms with Crippen molar-refractivity contribution < 1.29 is 23.0 Å². The summed E-state index contributed by atoms with van der Waals surface area (Å²) in [5.74, 6) is -2.80. The van der Waals surface area contributed by atoms with E-state index in [1.54, 1.807) is 31.5 Å². The first-order valence-electron chi connectivity index (χ1n) is 10.3. The molecule has 2 aliphatic rings. The fraction of sp³-hybridized carbons (Fsp3) is 0.650. The number of nitrogens with one attached hydrogen (secondary N) is 1. The van der Waals surface area contributed by atoms with Crippen LogP contribution in [0.3, 0.4) is 0 Å². The Balaban J connectivity index is 1.62. The standard InChI is InChI=1S/C20H26ClF2N5O3/c1-19(2,3)31-18(29)25-14-10-27(11-20(14,22)23)17-12-9-24-15(21)8-13(12)28(26-17)16-6-4-5-7-30-16/h8-9,14,16H,4-7,10-11H2,1-3H3,(H,25,29). The van der Waals surface area contributed by atoms with Gasteiger partial charge in [0.2, 0.25) is 0 Å². The molecule has 4 rings (SSSR count). The monoisotopic (exact) mass is 457 g/mol. The number of nitrogens with zero attached hydrogens (tertiary/aromatic N) is 4. The average molecular weight is 458 g/mol. The molecule has 2 aliphatic heterocycles. The SMILES string of the molecule is CC(C)(C)OC(=O)NC1CN(c2nn(C3CCCCO3)c3cc(Cl)ncc23)CC1(F)F. The second-order valence-corrected chi connectivity index (χ2v) is 9.34. The molecule has 1 amide bonds. The van der Waals surface area contributed by atoms with E-state index in [9.17, 15) is 13.6 Å². The van der Waals surface area contributed by atoms with E-state index in [-0.39, 0.29) is 17.9 Å². The zero-order chi connectivity index (χ0) is 22.4. The van der Waals surface area contributed by atoms with Gasteiger partial charge in [0.15, 0.2) is 12.0 Å². The minimum atomic E-state index is -3.16. The Morgan fingerprint density at radius 2 is 2.16 bits per heavy atom. The third-order valence-electron chi connectivity index (χ3n) is 5.27. The van der Waals surface area contributed by atoms with Gasteiger partial charge in [-0.25, -0.2) is 23.2 Å². The number of aromatic nitrogens is 3. The molecule has 0 aromatic carbocycles. The van der Waals surface area contributed by atoms with Crippen molar-refractivity contribution in [2.45, 2.75) is 63.8 Å². The van der Waals surface area contributed by atoms with E-state index in [4.69, 9.17) is 21.1 Å². The summed E-state index contributed by atoms with van der Waals surface area (Å²) >= 11 is 6.09. The third kappa shape index (κ3) is 4.69. The Morgan fingerprint density at radius 3 is 2.84 bits per heavy atom. The Hall–Kier alpha value is -2.20. The quantitative estimate of drug-likeness (QED) is 0.698. The Morgan fingerprint density at radius 1 is 1.39 bits per heavy atom. The third-order valence-corrected chi connectivity index (χ3v) is 5.48. The summed E-state index contributed by atoms with van der Waals surface area (Å²) in [6.07, 6.45) is 3.10. The molecule has 31 heavy (non-hydrogen) atoms. The molecule has 2 aromatic rings. The molecule has 2 saturated heterocycles. The van der Waals surface area contributed by atoms with E-state index in [1.165, 1.54) is 11.1 Å². The van der Waals surface area contributed by atoms with Crippen molar-refractivity contribution in [3.63, 3.8) is 0 Å². The maximum Gasteiger partial charge on any atom is 0.408 e. The number of pyridine rings is 1. The predicted molar refractivity (Wildman–Crippen MR) is 112 cm³/mol. The van der Waals surface area contributed by atoms with Gasteiger partial charge in [-0.1, -0.05) is 11.6 Å². The molecular weight excluding hydrogens is 432 g/mol. The van der Waals surface area contributed by atoms with Crippen molar-refractivity contribution in [2.24, 2.45) is 0 Å². The van der Waals surface area contributed by atoms with E-state index < -0.39 is 30.2 Å². The minimum Gasteiger partial charge on any atom is -0.444 e. The topological polar surface area (TPSA) is 81.5 Å². The first-order valence-corrected chi connectivity index (χ1v) is 10.7. The second kappa shape index (κ2) is 8.05. The molecule has 4 heterocycles. The van der Waals surface area contributed by atoms with Crippen LogP contribution in [0.4, 0.5) is 19.4 Å². The van der Waals surface area contributed by atoms with Gasteiger partial charge in [-0.3, -0.25) is 0 Å². The zero-order valence-corrected chi connectivity index (χ0v) is 18.5. The van der Waals surface area contributed by atoms with Crippen molar-refractivity contribution in [1.29, 1.82) is 0 Å². The number of halogens is 3. The van der Waals surface area contributed by atoms with Crippen molar-refractivity contribution >= 4 is 34.4 Å². The Bertz CT molecular complexity index is 972. The second-order valence-electron chi connectivity index (χ2n) is 8.95. The van der Waals surface area contributed by atoms with Gasteiger partial charge in [0.25, 0.3) is 5.92 Å². The van der Waals surface area contributed by atoms with Crippen molar-refractivity contribution in [2.75, 3.05) is 24.6 Å². The van der Waals surface area contributed by atoms with Crippen LogP contribution >= 0.6 is 11.6 Å². The maximum absolute atomic E-state index is 14.8. The summed E-state index contributed by atoms with van der Waals surface area (Å²) in [5.41, 5.74) is -0.105. The number of anilines is 1. The van der Waals surface area contributed by atoms with E-state index in [1.807, 2.05) is 0 Å². The highest BCUT2D eigenvalue weighted by Gasteiger charge is 2.50. The molecule has 0 spiro atoms. The highest BCUT2D eigenvalue weighted by atomic mass is 35.5. The van der Waals surface area contributed by atoms with Crippen LogP contribution in [-0.4, -0.2) is 58.1 Å². The molecular formula is C20H26ClF2N5O3. The number of fused-ring (bicyclic) bond motifs is 1. The van der Waals surface area contributed by atoms with Crippen molar-refractivity contribution in [1.82, 2.24) is 20.1 Å². The summed E-state index contributed by atoms with van der Waals surface area (Å²) in [4.78, 5) is 17.6. The molecule has 2 atom stereocenters. The van der Waals surface area contributed by atoms with Crippen molar-refractivity contribution in [3.05, 3.63) is 17.4 Å². The van der Waals surface area contributed by atoms with Crippen LogP contribution in [0.25, 0.3) is 10.9 Å². The van der Waals surface area contributed by atoms with Crippen molar-refractivity contribution in [3.8, 4) is 0 Å². The summed E-state index contributed by atoms with van der Waals surface area (Å²) in [5, 5.41) is 7.81. The predicted octanol–water partition coefficient (Wildman–Crippen LogP) is 4.13. The number of hydrogen-bond acceptors (Lipinski definition) is 6. The zero-order valence-electron chi connectivity index (χ0n) is 17.7. The first kappa shape index (κ1) is 22.0. The van der Waals surface area contributed by atoms with Crippen LogP contribution in [0.1, 0.15) is 46.3 Å². The van der Waals surface area contributed by atoms with E-state index in [2.05, 4.69) is 15.4 Å². The highest BCUT2D eigenvalue weighted by Crippen LogP contribution is 2.37. The molecule has 11 heteroatoms. The molecule has 0 aliphatic carbocycles. The van der Waals surface area contributed by atoms with Gasteiger partial charge in [-0.2, -0.15) is 5.10 Å². The van der Waals surface area contributed by atoms with Crippen LogP contribution in [0.2, 0.25) is 5.15 Å². The molecule has 2 aromatic heterocycles. The van der Waals surface area contributed by atoms with Gasteiger partial charge in [-0.05, 0) is 40.0 Å². The number of ether oxygens (including phenoxy) is 2. The van der Waals surface area contributed by atoms with Gasteiger partial charge < -0.3 is 19.7 Å². The Kier molecular flexibility index (Phi) is 5.72. The molecule has 2 unspecified atom stereocenters. The molecule has 0 bridgehead atoms. The Labute approximate surface area is 183 Å². The highest BCUT2D eigenvalue weighted by molar-refractivity contribution is 6.30. The van der Waals surface area contributed by atoms with E-state index in [0.29, 0.717) is 23.3 Å². The number of amides is 1. The number of carbonyl (C=O) groups is 1. The van der Waals surface area contributed by atoms with Gasteiger partial charge >= 0.3 is 6.09 Å². The van der Waals surface area contributed by atoms with Crippen LogP contribution in [0.5, 0.6) is 0 Å². The lowest BCUT2D eigenvalue weighted by atomic mass is 10.2. The normalized spacial score (nSPS) is 23.9. The van der Waals surface area contributed by atoms with E-state index >= 15 is 0 Å². The molecule has 0 saturated carbocycles. The lowest BCUT2D eigenvalue weighted by molar-refractivity contribution is -0.0365. The van der Waals surface area contributed by atoms with Crippen LogP contribution in [0.15, 0.2) is 12.3 Å². The lowest BCUT2D eigenvalue weighted by Gasteiger charge is -2.23. The van der Waals surface area contributed by atoms with Crippen LogP contribution < -0.4 is 10.2 Å². The van der Waals surface area contributed by atoms with Gasteiger partial charge in [0.05, 0.1) is 17.4 Å². The smallest absolute Gasteiger partial charge is 0.408 e. The largest absolute Gasteiger partial charge is 0.444 e. The summed E-state index contributed by atoms with van der Waals surface area (Å²) in [7, 11) is 0. The molecule has 2 fully saturated rings. The van der Waals surface area contributed by atoms with Gasteiger partial charge in [0.1, 0.15) is 16.8 Å². The number of hydrogen-bond donors (Lipinski definition) is 1. The first-order chi connectivity index (χ1) is 14.5. The van der Waals surface area contributed by atoms with Crippen LogP contribution in [0, 0.1) is 0 Å². The number of carbonyl (C=O) groups excluding carboxylic acids is 1. The van der Waals surface area contributed by atoms with E-state index in [0.717, 1.165) is 19.3 Å². The fourth-order valence-corrected chi connectivity index (χ4v) is 4.06. The maximum atomic E-state index is 14.8. The lowest BCUT2D eigenvalue weighted by Crippen LogP contribution is -2.48. The minimum absolute atomic E-state index is 0.119. The summed E-state index contributed by atoms with van der Waals surface area (Å²) in [6, 6.07) is 0.254. The molecule has 1 N–H and O–H groups in total. The number of rotatable bonds is 3. The number of alkyl halides is 2. The summed E-state index contributed by atoms with van der Waals surface area (Å²) < 4.78 is 42.2. The molecule has 8 nitrogen and oxygen atoms in total. The summed E-state index contributed by atoms with van der Waals surface area (Å²) in [6.45, 7) is 4.94. The molecule has 0 radical (unpaired) electrons. The number of alkyl carbamates (subject to hydrolysis) is 1. The fourth-order valence-electron chi connectivity index (χ4n) is 3.91.